The van der Waals surface area contributed by atoms with Crippen molar-refractivity contribution in [3.8, 4) is 5.75 Å². The van der Waals surface area contributed by atoms with E-state index in [-0.39, 0.29) is 11.7 Å². The number of carbonyl (C=O) groups is 2. The van der Waals surface area contributed by atoms with Gasteiger partial charge in [-0.15, -0.1) is 0 Å². The molecule has 0 aliphatic heterocycles. The van der Waals surface area contributed by atoms with Crippen LogP contribution in [0.5, 0.6) is 5.75 Å². The molecule has 0 spiro atoms. The van der Waals surface area contributed by atoms with E-state index in [4.69, 9.17) is 9.15 Å². The minimum atomic E-state index is -0.619. The Labute approximate surface area is 143 Å². The number of nitrogens with zero attached hydrogens (tertiary/aromatic N) is 2. The quantitative estimate of drug-likeness (QED) is 0.335. The Balaban J connectivity index is 1.68. The summed E-state index contributed by atoms with van der Waals surface area (Å²) in [4.78, 5) is 27.7. The molecule has 2 aromatic heterocycles. The van der Waals surface area contributed by atoms with Crippen LogP contribution in [-0.2, 0) is 0 Å². The Morgan fingerprint density at radius 1 is 1.08 bits per heavy atom. The lowest BCUT2D eigenvalue weighted by molar-refractivity contribution is 0.0701. The van der Waals surface area contributed by atoms with Gasteiger partial charge in [0.25, 0.3) is 5.91 Å². The number of furan rings is 1. The van der Waals surface area contributed by atoms with Crippen molar-refractivity contribution in [2.45, 2.75) is 0 Å². The number of aromatic nitrogens is 1. The molecule has 0 unspecified atom stereocenters. The zero-order valence-electron chi connectivity index (χ0n) is 13.0. The fourth-order valence-electron chi connectivity index (χ4n) is 1.95. The molecule has 0 aliphatic carbocycles. The molecule has 0 radical (unpaired) electrons. The molecule has 0 aliphatic rings. The van der Waals surface area contributed by atoms with Crippen molar-refractivity contribution in [3.63, 3.8) is 0 Å². The average Bonchev–Trinajstić information content (AvgIpc) is 3.18. The molecule has 1 aromatic carbocycles. The Bertz CT molecular complexity index is 890. The molecule has 3 rings (SSSR count). The van der Waals surface area contributed by atoms with E-state index in [1.807, 2.05) is 0 Å². The van der Waals surface area contributed by atoms with Gasteiger partial charge < -0.3 is 9.15 Å². The maximum Gasteiger partial charge on any atom is 0.379 e. The summed E-state index contributed by atoms with van der Waals surface area (Å²) in [6.07, 6.45) is 5.81. The summed E-state index contributed by atoms with van der Waals surface area (Å²) < 4.78 is 10.3. The predicted molar refractivity (Wildman–Crippen MR) is 89.4 cm³/mol. The number of hydrazone groups is 1. The highest BCUT2D eigenvalue weighted by Crippen LogP contribution is 2.17. The molecule has 0 bridgehead atoms. The number of carbonyl (C=O) groups excluding carboxylic acids is 2. The molecule has 7 nitrogen and oxygen atoms in total. The number of pyridine rings is 1. The highest BCUT2D eigenvalue weighted by atomic mass is 16.5. The summed E-state index contributed by atoms with van der Waals surface area (Å²) in [6.45, 7) is 0. The second-order valence-corrected chi connectivity index (χ2v) is 4.84. The van der Waals surface area contributed by atoms with Crippen molar-refractivity contribution in [2.75, 3.05) is 0 Å². The van der Waals surface area contributed by atoms with Crippen LogP contribution in [0.2, 0.25) is 0 Å². The van der Waals surface area contributed by atoms with Crippen LogP contribution in [0, 0.1) is 0 Å². The van der Waals surface area contributed by atoms with Gasteiger partial charge in [0.15, 0.2) is 0 Å². The van der Waals surface area contributed by atoms with E-state index in [1.54, 1.807) is 42.5 Å². The molecule has 25 heavy (non-hydrogen) atoms. The van der Waals surface area contributed by atoms with Gasteiger partial charge in [0.05, 0.1) is 12.5 Å². The molecule has 0 saturated heterocycles. The lowest BCUT2D eigenvalue weighted by atomic mass is 10.2. The second-order valence-electron chi connectivity index (χ2n) is 4.84. The van der Waals surface area contributed by atoms with Gasteiger partial charge in [0.1, 0.15) is 5.75 Å². The van der Waals surface area contributed by atoms with E-state index in [1.165, 1.54) is 30.9 Å². The van der Waals surface area contributed by atoms with Crippen molar-refractivity contribution >= 4 is 18.1 Å². The molecular formula is C18H13N3O4. The number of benzene rings is 1. The van der Waals surface area contributed by atoms with Crippen molar-refractivity contribution < 1.29 is 18.7 Å². The van der Waals surface area contributed by atoms with Crippen LogP contribution < -0.4 is 10.2 Å². The first-order valence-corrected chi connectivity index (χ1v) is 7.32. The van der Waals surface area contributed by atoms with Crippen molar-refractivity contribution in [1.82, 2.24) is 10.4 Å². The first-order valence-electron chi connectivity index (χ1n) is 7.32. The third-order valence-corrected chi connectivity index (χ3v) is 3.16. The lowest BCUT2D eigenvalue weighted by Gasteiger charge is -2.05. The number of ether oxygens (including phenoxy) is 1. The van der Waals surface area contributed by atoms with Crippen molar-refractivity contribution in [2.24, 2.45) is 5.10 Å². The highest BCUT2D eigenvalue weighted by molar-refractivity contribution is 5.95. The number of amides is 1. The highest BCUT2D eigenvalue weighted by Gasteiger charge is 2.13. The molecule has 0 atom stereocenters. The van der Waals surface area contributed by atoms with Gasteiger partial charge in [-0.1, -0.05) is 12.1 Å². The smallest absolute Gasteiger partial charge is 0.379 e. The van der Waals surface area contributed by atoms with Crippen LogP contribution in [-0.4, -0.2) is 23.1 Å². The van der Waals surface area contributed by atoms with Crippen LogP contribution >= 0.6 is 0 Å². The third kappa shape index (κ3) is 4.17. The summed E-state index contributed by atoms with van der Waals surface area (Å²) in [6, 6.07) is 13.0. The van der Waals surface area contributed by atoms with E-state index in [0.717, 1.165) is 0 Å². The van der Waals surface area contributed by atoms with Crippen LogP contribution in [0.25, 0.3) is 0 Å². The second kappa shape index (κ2) is 7.69. The normalized spacial score (nSPS) is 10.6. The van der Waals surface area contributed by atoms with Gasteiger partial charge in [-0.3, -0.25) is 9.78 Å². The predicted octanol–water partition coefficient (Wildman–Crippen LogP) is 2.66. The van der Waals surface area contributed by atoms with E-state index in [9.17, 15) is 9.59 Å². The molecule has 124 valence electrons. The van der Waals surface area contributed by atoms with Crippen LogP contribution in [0.4, 0.5) is 0 Å². The summed E-state index contributed by atoms with van der Waals surface area (Å²) in [5, 5.41) is 3.89. The molecule has 0 fully saturated rings. The maximum absolute atomic E-state index is 12.0. The summed E-state index contributed by atoms with van der Waals surface area (Å²) in [5.74, 6) is -0.598. The number of rotatable bonds is 5. The SMILES string of the molecule is O=C(N/N=C\c1ccccc1OC(=O)c1ccco1)c1ccncc1. The van der Waals surface area contributed by atoms with E-state index in [0.29, 0.717) is 16.9 Å². The molecule has 7 heteroatoms. The zero-order chi connectivity index (χ0) is 17.5. The Morgan fingerprint density at radius 3 is 2.64 bits per heavy atom. The topological polar surface area (TPSA) is 93.8 Å². The zero-order valence-corrected chi connectivity index (χ0v) is 13.0. The minimum Gasteiger partial charge on any atom is -0.457 e. The Morgan fingerprint density at radius 2 is 1.88 bits per heavy atom. The Hall–Kier alpha value is -3.74. The lowest BCUT2D eigenvalue weighted by Crippen LogP contribution is -2.17. The van der Waals surface area contributed by atoms with Crippen molar-refractivity contribution in [1.29, 1.82) is 0 Å². The molecular weight excluding hydrogens is 322 g/mol. The van der Waals surface area contributed by atoms with E-state index >= 15 is 0 Å². The minimum absolute atomic E-state index is 0.0951. The first kappa shape index (κ1) is 16.1. The maximum atomic E-state index is 12.0. The van der Waals surface area contributed by atoms with Gasteiger partial charge in [-0.2, -0.15) is 5.10 Å². The van der Waals surface area contributed by atoms with Crippen molar-refractivity contribution in [3.05, 3.63) is 84.1 Å². The molecule has 1 amide bonds. The number of hydrogen-bond donors (Lipinski definition) is 1. The fraction of sp³-hybridized carbons (Fsp3) is 0. The molecule has 2 heterocycles. The largest absolute Gasteiger partial charge is 0.457 e. The van der Waals surface area contributed by atoms with Crippen LogP contribution in [0.1, 0.15) is 26.5 Å². The standard InChI is InChI=1S/C18H13N3O4/c22-17(13-7-9-19-10-8-13)21-20-12-14-4-1-2-5-15(14)25-18(23)16-6-3-11-24-16/h1-12H,(H,21,22)/b20-12-. The monoisotopic (exact) mass is 335 g/mol. The van der Waals surface area contributed by atoms with Gasteiger partial charge >= 0.3 is 5.97 Å². The summed E-state index contributed by atoms with van der Waals surface area (Å²) >= 11 is 0. The van der Waals surface area contributed by atoms with Gasteiger partial charge in [-0.05, 0) is 36.4 Å². The molecule has 0 saturated carbocycles. The van der Waals surface area contributed by atoms with E-state index < -0.39 is 5.97 Å². The number of esters is 1. The molecule has 1 N–H and O–H groups in total. The number of nitrogens with one attached hydrogen (secondary N) is 1. The third-order valence-electron chi connectivity index (χ3n) is 3.16. The van der Waals surface area contributed by atoms with Crippen LogP contribution in [0.3, 0.4) is 0 Å². The number of para-hydroxylation sites is 1. The molecule has 3 aromatic rings. The summed E-state index contributed by atoms with van der Waals surface area (Å²) in [5.41, 5.74) is 3.36. The van der Waals surface area contributed by atoms with E-state index in [2.05, 4.69) is 15.5 Å². The van der Waals surface area contributed by atoms with Gasteiger partial charge in [-0.25, -0.2) is 10.2 Å². The average molecular weight is 335 g/mol. The summed E-state index contributed by atoms with van der Waals surface area (Å²) in [7, 11) is 0. The first-order chi connectivity index (χ1) is 12.2. The van der Waals surface area contributed by atoms with Gasteiger partial charge in [0.2, 0.25) is 5.76 Å². The fourth-order valence-corrected chi connectivity index (χ4v) is 1.95. The van der Waals surface area contributed by atoms with Crippen LogP contribution in [0.15, 0.2) is 76.7 Å². The number of hydrogen-bond acceptors (Lipinski definition) is 6. The van der Waals surface area contributed by atoms with Gasteiger partial charge in [0, 0.05) is 23.5 Å². The Kier molecular flexibility index (Phi) is 4.96.